The first kappa shape index (κ1) is 22.3. The van der Waals surface area contributed by atoms with Crippen molar-refractivity contribution in [3.8, 4) is 5.75 Å². The Bertz CT molecular complexity index is 892. The predicted octanol–water partition coefficient (Wildman–Crippen LogP) is 4.83. The van der Waals surface area contributed by atoms with Gasteiger partial charge in [0.25, 0.3) is 0 Å². The van der Waals surface area contributed by atoms with Gasteiger partial charge in [-0.05, 0) is 66.6 Å². The molecule has 2 aliphatic rings. The van der Waals surface area contributed by atoms with Gasteiger partial charge in [0, 0.05) is 36.2 Å². The molecule has 0 atom stereocenters. The van der Waals surface area contributed by atoms with Crippen LogP contribution in [-0.2, 0) is 0 Å². The third-order valence-electron chi connectivity index (χ3n) is 5.50. The van der Waals surface area contributed by atoms with E-state index in [2.05, 4.69) is 62.2 Å². The second-order valence-electron chi connectivity index (χ2n) is 7.73. The van der Waals surface area contributed by atoms with E-state index in [9.17, 15) is 0 Å². The van der Waals surface area contributed by atoms with Crippen LogP contribution < -0.4 is 20.0 Å². The average molecular weight is 553 g/mol. The number of hydrogen-bond donors (Lipinski definition) is 1. The second kappa shape index (κ2) is 10.6. The highest BCUT2D eigenvalue weighted by Gasteiger charge is 2.20. The number of nitrogens with zero attached hydrogens (tertiary/aromatic N) is 6. The zero-order valence-electron chi connectivity index (χ0n) is 17.7. The number of anilines is 3. The molecule has 4 rings (SSSR count). The molecule has 2 fully saturated rings. The van der Waals surface area contributed by atoms with Crippen LogP contribution in [0.1, 0.15) is 44.1 Å². The Morgan fingerprint density at radius 3 is 2.03 bits per heavy atom. The van der Waals surface area contributed by atoms with Gasteiger partial charge < -0.3 is 14.5 Å². The van der Waals surface area contributed by atoms with Crippen LogP contribution in [0.4, 0.5) is 17.8 Å². The fourth-order valence-electron chi connectivity index (χ4n) is 3.93. The minimum Gasteiger partial charge on any atom is -0.495 e. The lowest BCUT2D eigenvalue weighted by molar-refractivity contribution is 0.411. The van der Waals surface area contributed by atoms with Gasteiger partial charge in [-0.25, -0.2) is 5.43 Å². The molecule has 0 unspecified atom stereocenters. The Kier molecular flexibility index (Phi) is 7.60. The van der Waals surface area contributed by atoms with Crippen molar-refractivity contribution in [2.24, 2.45) is 5.10 Å². The van der Waals surface area contributed by atoms with Gasteiger partial charge in [-0.15, -0.1) is 0 Å². The van der Waals surface area contributed by atoms with Crippen molar-refractivity contribution in [2.75, 3.05) is 48.5 Å². The molecular weight excluding hydrogens is 526 g/mol. The number of hydrogen-bond acceptors (Lipinski definition) is 8. The van der Waals surface area contributed by atoms with Crippen molar-refractivity contribution in [3.63, 3.8) is 0 Å². The summed E-state index contributed by atoms with van der Waals surface area (Å²) in [4.78, 5) is 18.6. The van der Waals surface area contributed by atoms with Crippen molar-refractivity contribution < 1.29 is 4.74 Å². The highest BCUT2D eigenvalue weighted by molar-refractivity contribution is 9.11. The van der Waals surface area contributed by atoms with Gasteiger partial charge in [0.2, 0.25) is 17.8 Å². The van der Waals surface area contributed by atoms with Gasteiger partial charge in [-0.3, -0.25) is 0 Å². The van der Waals surface area contributed by atoms with Crippen LogP contribution in [0.3, 0.4) is 0 Å². The Morgan fingerprint density at radius 2 is 1.48 bits per heavy atom. The lowest BCUT2D eigenvalue weighted by Gasteiger charge is -2.30. The molecule has 0 bridgehead atoms. The summed E-state index contributed by atoms with van der Waals surface area (Å²) in [5.41, 5.74) is 3.84. The molecule has 1 aromatic carbocycles. The van der Waals surface area contributed by atoms with Crippen LogP contribution in [0.15, 0.2) is 26.2 Å². The molecule has 2 aliphatic heterocycles. The molecule has 2 aromatic rings. The fraction of sp³-hybridized carbons (Fsp3) is 0.524. The Balaban J connectivity index is 1.58. The van der Waals surface area contributed by atoms with Crippen molar-refractivity contribution in [3.05, 3.63) is 26.6 Å². The number of rotatable bonds is 6. The number of nitrogens with one attached hydrogen (secondary N) is 1. The molecule has 0 saturated carbocycles. The van der Waals surface area contributed by atoms with Gasteiger partial charge in [-0.1, -0.05) is 15.9 Å². The van der Waals surface area contributed by atoms with E-state index in [4.69, 9.17) is 9.72 Å². The van der Waals surface area contributed by atoms with E-state index in [0.717, 1.165) is 52.6 Å². The van der Waals surface area contributed by atoms with Crippen LogP contribution >= 0.6 is 31.9 Å². The van der Waals surface area contributed by atoms with Crippen LogP contribution in [0.25, 0.3) is 0 Å². The molecule has 166 valence electrons. The van der Waals surface area contributed by atoms with Gasteiger partial charge >= 0.3 is 0 Å². The normalized spacial score (nSPS) is 17.3. The highest BCUT2D eigenvalue weighted by atomic mass is 79.9. The molecule has 3 heterocycles. The summed E-state index contributed by atoms with van der Waals surface area (Å²) in [6.07, 6.45) is 8.91. The monoisotopic (exact) mass is 551 g/mol. The first-order valence-corrected chi connectivity index (χ1v) is 12.3. The quantitative estimate of drug-likeness (QED) is 0.406. The summed E-state index contributed by atoms with van der Waals surface area (Å²) < 4.78 is 7.27. The number of piperidine rings is 2. The van der Waals surface area contributed by atoms with E-state index in [-0.39, 0.29) is 0 Å². The highest BCUT2D eigenvalue weighted by Crippen LogP contribution is 2.31. The predicted molar refractivity (Wildman–Crippen MR) is 132 cm³/mol. The van der Waals surface area contributed by atoms with Gasteiger partial charge in [0.1, 0.15) is 5.75 Å². The zero-order chi connectivity index (χ0) is 21.6. The zero-order valence-corrected chi connectivity index (χ0v) is 20.8. The van der Waals surface area contributed by atoms with Crippen molar-refractivity contribution in [1.82, 2.24) is 15.0 Å². The maximum absolute atomic E-state index is 5.49. The van der Waals surface area contributed by atoms with Crippen LogP contribution in [0.2, 0.25) is 0 Å². The average Bonchev–Trinajstić information content (AvgIpc) is 2.80. The summed E-state index contributed by atoms with van der Waals surface area (Å²) in [6, 6.07) is 3.88. The summed E-state index contributed by atoms with van der Waals surface area (Å²) in [7, 11) is 1.64. The second-order valence-corrected chi connectivity index (χ2v) is 9.50. The molecule has 31 heavy (non-hydrogen) atoms. The molecule has 1 aromatic heterocycles. The Hall–Kier alpha value is -1.94. The molecule has 2 saturated heterocycles. The minimum atomic E-state index is 0.459. The topological polar surface area (TPSA) is 78.8 Å². The molecule has 10 heteroatoms. The maximum atomic E-state index is 5.49. The van der Waals surface area contributed by atoms with Crippen molar-refractivity contribution in [1.29, 1.82) is 0 Å². The molecular formula is C21H27Br2N7O. The van der Waals surface area contributed by atoms with Crippen LogP contribution in [-0.4, -0.2) is 54.5 Å². The van der Waals surface area contributed by atoms with E-state index >= 15 is 0 Å². The van der Waals surface area contributed by atoms with Crippen molar-refractivity contribution in [2.45, 2.75) is 38.5 Å². The summed E-state index contributed by atoms with van der Waals surface area (Å²) in [5, 5.41) is 4.39. The molecule has 0 amide bonds. The molecule has 1 N–H and O–H groups in total. The fourth-order valence-corrected chi connectivity index (χ4v) is 5.35. The third kappa shape index (κ3) is 5.65. The number of methoxy groups -OCH3 is 1. The molecule has 0 aliphatic carbocycles. The smallest absolute Gasteiger partial charge is 0.250 e. The number of benzene rings is 1. The summed E-state index contributed by atoms with van der Waals surface area (Å²) in [6.45, 7) is 3.93. The molecule has 0 spiro atoms. The number of ether oxygens (including phenoxy) is 1. The molecule has 0 radical (unpaired) electrons. The lowest BCUT2D eigenvalue weighted by atomic mass is 10.1. The Morgan fingerprint density at radius 1 is 0.903 bits per heavy atom. The third-order valence-corrected chi connectivity index (χ3v) is 6.55. The lowest BCUT2D eigenvalue weighted by Crippen LogP contribution is -2.34. The number of hydrazone groups is 1. The van der Waals surface area contributed by atoms with Gasteiger partial charge in [0.15, 0.2) is 0 Å². The first-order valence-electron chi connectivity index (χ1n) is 10.7. The largest absolute Gasteiger partial charge is 0.495 e. The van der Waals surface area contributed by atoms with Crippen LogP contribution in [0, 0.1) is 0 Å². The van der Waals surface area contributed by atoms with E-state index < -0.39 is 0 Å². The standard InChI is InChI=1S/C21H27Br2N7O/c1-31-18-15(12-16(22)13-17(18)23)14-24-28-19-25-20(29-8-4-2-5-9-29)27-21(26-19)30-10-6-3-7-11-30/h12-14H,2-11H2,1H3,(H,25,26,27,28)/b24-14-. The molecule has 8 nitrogen and oxygen atoms in total. The summed E-state index contributed by atoms with van der Waals surface area (Å²) >= 11 is 7.03. The van der Waals surface area contributed by atoms with E-state index in [1.54, 1.807) is 13.3 Å². The van der Waals surface area contributed by atoms with E-state index in [1.165, 1.54) is 38.5 Å². The SMILES string of the molecule is COc1c(Br)cc(Br)cc1/C=N\Nc1nc(N2CCCCC2)nc(N2CCCCC2)n1. The number of halogens is 2. The van der Waals surface area contributed by atoms with Gasteiger partial charge in [-0.2, -0.15) is 20.1 Å². The van der Waals surface area contributed by atoms with E-state index in [0.29, 0.717) is 11.7 Å². The summed E-state index contributed by atoms with van der Waals surface area (Å²) in [5.74, 6) is 2.64. The van der Waals surface area contributed by atoms with E-state index in [1.807, 2.05) is 12.1 Å². The van der Waals surface area contributed by atoms with Gasteiger partial charge in [0.05, 0.1) is 17.8 Å². The first-order chi connectivity index (χ1) is 15.1. The van der Waals surface area contributed by atoms with Crippen molar-refractivity contribution >= 4 is 55.9 Å². The number of aromatic nitrogens is 3. The Labute approximate surface area is 199 Å². The minimum absolute atomic E-state index is 0.459. The maximum Gasteiger partial charge on any atom is 0.250 e. The van der Waals surface area contributed by atoms with Crippen LogP contribution in [0.5, 0.6) is 5.75 Å².